The Morgan fingerprint density at radius 2 is 2.43 bits per heavy atom. The van der Waals surface area contributed by atoms with E-state index in [2.05, 4.69) is 27.2 Å². The molecule has 1 amide bonds. The number of aromatic nitrogens is 3. The highest BCUT2D eigenvalue weighted by molar-refractivity contribution is 5.78. The van der Waals surface area contributed by atoms with E-state index in [0.29, 0.717) is 13.1 Å². The lowest BCUT2D eigenvalue weighted by molar-refractivity contribution is -0.126. The van der Waals surface area contributed by atoms with Crippen LogP contribution in [0.1, 0.15) is 32.0 Å². The molecular formula is C14H26N6O. The van der Waals surface area contributed by atoms with Gasteiger partial charge in [-0.25, -0.2) is 9.67 Å². The van der Waals surface area contributed by atoms with Crippen molar-refractivity contribution in [3.63, 3.8) is 0 Å². The van der Waals surface area contributed by atoms with E-state index in [0.717, 1.165) is 51.3 Å². The summed E-state index contributed by atoms with van der Waals surface area (Å²) in [5, 5.41) is 7.14. The van der Waals surface area contributed by atoms with Crippen LogP contribution in [0.25, 0.3) is 0 Å². The van der Waals surface area contributed by atoms with Crippen molar-refractivity contribution in [3.8, 4) is 0 Å². The highest BCUT2D eigenvalue weighted by Crippen LogP contribution is 2.18. The molecule has 1 aromatic heterocycles. The van der Waals surface area contributed by atoms with Gasteiger partial charge in [-0.2, -0.15) is 5.10 Å². The third-order valence-corrected chi connectivity index (χ3v) is 3.82. The zero-order chi connectivity index (χ0) is 15.1. The molecule has 1 aliphatic heterocycles. The van der Waals surface area contributed by atoms with Crippen LogP contribution < -0.4 is 11.1 Å². The summed E-state index contributed by atoms with van der Waals surface area (Å²) >= 11 is 0. The van der Waals surface area contributed by atoms with Crippen molar-refractivity contribution in [3.05, 3.63) is 12.2 Å². The van der Waals surface area contributed by atoms with E-state index in [-0.39, 0.29) is 11.8 Å². The highest BCUT2D eigenvalue weighted by Gasteiger charge is 2.26. The van der Waals surface area contributed by atoms with Crippen molar-refractivity contribution in [2.24, 2.45) is 11.7 Å². The number of carbonyl (C=O) groups excluding carboxylic acids is 1. The molecule has 1 aromatic rings. The molecule has 1 saturated heterocycles. The van der Waals surface area contributed by atoms with Crippen LogP contribution in [0.15, 0.2) is 6.33 Å². The van der Waals surface area contributed by atoms with Gasteiger partial charge in [0.25, 0.3) is 0 Å². The number of nitrogens with zero attached hydrogens (tertiary/aromatic N) is 4. The molecule has 0 aliphatic carbocycles. The summed E-state index contributed by atoms with van der Waals surface area (Å²) in [6.07, 6.45) is 4.65. The van der Waals surface area contributed by atoms with Crippen LogP contribution in [0.2, 0.25) is 0 Å². The zero-order valence-corrected chi connectivity index (χ0v) is 12.8. The number of hydrogen-bond acceptors (Lipinski definition) is 5. The Morgan fingerprint density at radius 3 is 3.19 bits per heavy atom. The molecule has 2 heterocycles. The van der Waals surface area contributed by atoms with Crippen LogP contribution in [0.5, 0.6) is 0 Å². The fourth-order valence-electron chi connectivity index (χ4n) is 2.76. The molecule has 1 unspecified atom stereocenters. The molecule has 1 atom stereocenters. The molecular weight excluding hydrogens is 268 g/mol. The van der Waals surface area contributed by atoms with Gasteiger partial charge in [0.2, 0.25) is 5.91 Å². The van der Waals surface area contributed by atoms with Gasteiger partial charge in [-0.05, 0) is 25.8 Å². The van der Waals surface area contributed by atoms with E-state index < -0.39 is 0 Å². The minimum atomic E-state index is 0.0628. The first-order valence-corrected chi connectivity index (χ1v) is 7.81. The average Bonchev–Trinajstić information content (AvgIpc) is 2.92. The van der Waals surface area contributed by atoms with E-state index in [4.69, 9.17) is 5.73 Å². The molecule has 7 nitrogen and oxygen atoms in total. The summed E-state index contributed by atoms with van der Waals surface area (Å²) in [7, 11) is 0. The molecule has 0 saturated carbocycles. The fourth-order valence-corrected chi connectivity index (χ4v) is 2.76. The molecule has 2 rings (SSSR count). The van der Waals surface area contributed by atoms with Crippen LogP contribution in [0, 0.1) is 5.92 Å². The van der Waals surface area contributed by atoms with Crippen molar-refractivity contribution in [2.75, 3.05) is 26.2 Å². The number of likely N-dealkylation sites (tertiary alicyclic amines) is 1. The van der Waals surface area contributed by atoms with E-state index >= 15 is 0 Å². The minimum Gasteiger partial charge on any atom is -0.355 e. The van der Waals surface area contributed by atoms with Crippen LogP contribution in [0.4, 0.5) is 0 Å². The van der Waals surface area contributed by atoms with E-state index in [1.54, 1.807) is 6.33 Å². The number of aryl methyl sites for hydroxylation is 1. The number of rotatable bonds is 7. The average molecular weight is 294 g/mol. The number of nitrogens with two attached hydrogens (primary N) is 1. The Labute approximate surface area is 125 Å². The third-order valence-electron chi connectivity index (χ3n) is 3.82. The Morgan fingerprint density at radius 1 is 1.57 bits per heavy atom. The zero-order valence-electron chi connectivity index (χ0n) is 12.8. The molecule has 1 aliphatic rings. The lowest BCUT2D eigenvalue weighted by Gasteiger charge is -2.31. The maximum Gasteiger partial charge on any atom is 0.224 e. The molecule has 3 N–H and O–H groups in total. The number of hydrogen-bond donors (Lipinski definition) is 2. The van der Waals surface area contributed by atoms with Gasteiger partial charge in [-0.1, -0.05) is 6.92 Å². The second-order valence-electron chi connectivity index (χ2n) is 5.55. The van der Waals surface area contributed by atoms with Gasteiger partial charge in [-0.15, -0.1) is 0 Å². The lowest BCUT2D eigenvalue weighted by atomic mass is 9.97. The second-order valence-corrected chi connectivity index (χ2v) is 5.55. The van der Waals surface area contributed by atoms with Crippen molar-refractivity contribution in [1.29, 1.82) is 0 Å². The quantitative estimate of drug-likeness (QED) is 0.737. The lowest BCUT2D eigenvalue weighted by Crippen LogP contribution is -2.44. The molecule has 7 heteroatoms. The number of nitrogens with one attached hydrogen (secondary N) is 1. The van der Waals surface area contributed by atoms with Crippen LogP contribution in [-0.4, -0.2) is 51.8 Å². The van der Waals surface area contributed by atoms with Crippen LogP contribution in [-0.2, 0) is 17.9 Å². The summed E-state index contributed by atoms with van der Waals surface area (Å²) in [5.41, 5.74) is 5.43. The van der Waals surface area contributed by atoms with Gasteiger partial charge < -0.3 is 11.1 Å². The number of amides is 1. The van der Waals surface area contributed by atoms with Gasteiger partial charge >= 0.3 is 0 Å². The minimum absolute atomic E-state index is 0.0628. The Bertz CT molecular complexity index is 446. The SMILES string of the molecule is CCCn1ncnc1CN1CCCC(C(=O)NCCN)C1. The molecule has 0 radical (unpaired) electrons. The van der Waals surface area contributed by atoms with Crippen molar-refractivity contribution < 1.29 is 4.79 Å². The van der Waals surface area contributed by atoms with E-state index in [1.165, 1.54) is 0 Å². The third kappa shape index (κ3) is 4.50. The predicted octanol–water partition coefficient (Wildman–Crippen LogP) is -0.0250. The largest absolute Gasteiger partial charge is 0.355 e. The van der Waals surface area contributed by atoms with Gasteiger partial charge in [-0.3, -0.25) is 9.69 Å². The fraction of sp³-hybridized carbons (Fsp3) is 0.786. The predicted molar refractivity (Wildman–Crippen MR) is 80.4 cm³/mol. The Hall–Kier alpha value is -1.47. The van der Waals surface area contributed by atoms with Crippen molar-refractivity contribution in [1.82, 2.24) is 25.0 Å². The van der Waals surface area contributed by atoms with Gasteiger partial charge in [0.1, 0.15) is 12.2 Å². The van der Waals surface area contributed by atoms with Crippen LogP contribution in [0.3, 0.4) is 0 Å². The van der Waals surface area contributed by atoms with E-state index in [1.807, 2.05) is 4.68 Å². The number of carbonyl (C=O) groups is 1. The summed E-state index contributed by atoms with van der Waals surface area (Å²) in [4.78, 5) is 18.7. The van der Waals surface area contributed by atoms with Gasteiger partial charge in [0, 0.05) is 26.2 Å². The highest BCUT2D eigenvalue weighted by atomic mass is 16.1. The maximum absolute atomic E-state index is 12.0. The molecule has 0 aromatic carbocycles. The molecule has 0 bridgehead atoms. The summed E-state index contributed by atoms with van der Waals surface area (Å²) in [6, 6.07) is 0. The van der Waals surface area contributed by atoms with Gasteiger partial charge in [0.05, 0.1) is 12.5 Å². The summed E-state index contributed by atoms with van der Waals surface area (Å²) in [6.45, 7) is 6.63. The van der Waals surface area contributed by atoms with Crippen molar-refractivity contribution in [2.45, 2.75) is 39.3 Å². The monoisotopic (exact) mass is 294 g/mol. The molecule has 0 spiro atoms. The second kappa shape index (κ2) is 8.09. The Balaban J connectivity index is 1.88. The van der Waals surface area contributed by atoms with E-state index in [9.17, 15) is 4.79 Å². The van der Waals surface area contributed by atoms with Crippen molar-refractivity contribution >= 4 is 5.91 Å². The maximum atomic E-state index is 12.0. The van der Waals surface area contributed by atoms with Crippen LogP contribution >= 0.6 is 0 Å². The normalized spacial score (nSPS) is 19.6. The number of piperidine rings is 1. The summed E-state index contributed by atoms with van der Waals surface area (Å²) < 4.78 is 1.96. The molecule has 1 fully saturated rings. The van der Waals surface area contributed by atoms with Gasteiger partial charge in [0.15, 0.2) is 0 Å². The first-order chi connectivity index (χ1) is 10.2. The smallest absolute Gasteiger partial charge is 0.224 e. The first-order valence-electron chi connectivity index (χ1n) is 7.81. The molecule has 21 heavy (non-hydrogen) atoms. The first kappa shape index (κ1) is 15.9. The molecule has 118 valence electrons. The Kier molecular flexibility index (Phi) is 6.13. The topological polar surface area (TPSA) is 89.1 Å². The standard InChI is InChI=1S/C14H26N6O/c1-2-7-20-13(17-11-18-20)10-19-8-3-4-12(9-19)14(21)16-6-5-15/h11-12H,2-10,15H2,1H3,(H,16,21). The summed E-state index contributed by atoms with van der Waals surface area (Å²) in [5.74, 6) is 1.17.